The summed E-state index contributed by atoms with van der Waals surface area (Å²) in [5.74, 6) is 2.92. The molecule has 0 spiro atoms. The average molecular weight is 290 g/mol. The van der Waals surface area contributed by atoms with Crippen LogP contribution in [-0.4, -0.2) is 11.5 Å². The summed E-state index contributed by atoms with van der Waals surface area (Å²) in [4.78, 5) is 0. The summed E-state index contributed by atoms with van der Waals surface area (Å²) in [5, 5.41) is 0. The Morgan fingerprint density at radius 2 is 1.89 bits per heavy atom. The Hall–Kier alpha value is -0.600. The van der Waals surface area contributed by atoms with Gasteiger partial charge in [-0.1, -0.05) is 51.1 Å². The van der Waals surface area contributed by atoms with E-state index in [1.807, 2.05) is 23.5 Å². The van der Waals surface area contributed by atoms with Crippen molar-refractivity contribution in [1.29, 1.82) is 0 Å². The molecule has 102 valence electrons. The van der Waals surface area contributed by atoms with E-state index in [4.69, 9.17) is 0 Å². The zero-order valence-corrected chi connectivity index (χ0v) is 13.6. The normalized spacial score (nSPS) is 17.6. The molecule has 0 amide bonds. The molecule has 1 aliphatic carbocycles. The van der Waals surface area contributed by atoms with Crippen molar-refractivity contribution >= 4 is 29.1 Å². The fourth-order valence-corrected chi connectivity index (χ4v) is 4.47. The lowest BCUT2D eigenvalue weighted by molar-refractivity contribution is 0.714. The maximum Gasteiger partial charge on any atom is 0.0406 e. The lowest BCUT2D eigenvalue weighted by Crippen LogP contribution is -2.06. The Labute approximate surface area is 125 Å². The van der Waals surface area contributed by atoms with E-state index < -0.39 is 0 Å². The van der Waals surface area contributed by atoms with E-state index in [0.717, 1.165) is 11.5 Å². The Bertz CT molecular complexity index is 478. The molecule has 0 fully saturated rings. The van der Waals surface area contributed by atoms with Gasteiger partial charge in [-0.3, -0.25) is 0 Å². The van der Waals surface area contributed by atoms with E-state index in [9.17, 15) is 0 Å². The molecule has 1 atom stereocenters. The van der Waals surface area contributed by atoms with E-state index >= 15 is 0 Å². The van der Waals surface area contributed by atoms with Crippen LogP contribution in [0.5, 0.6) is 0 Å². The van der Waals surface area contributed by atoms with Gasteiger partial charge in [-0.2, -0.15) is 0 Å². The van der Waals surface area contributed by atoms with Gasteiger partial charge in [-0.15, -0.1) is 23.5 Å². The summed E-state index contributed by atoms with van der Waals surface area (Å²) in [6, 6.07) is 8.83. The number of rotatable bonds is 5. The Morgan fingerprint density at radius 3 is 2.58 bits per heavy atom. The fraction of sp³-hybridized carbons (Fsp3) is 0.412. The molecule has 0 bridgehead atoms. The molecule has 0 aromatic heterocycles. The molecule has 0 saturated heterocycles. The molecule has 0 heterocycles. The molecule has 0 nitrogen and oxygen atoms in total. The third kappa shape index (κ3) is 3.93. The van der Waals surface area contributed by atoms with E-state index in [1.54, 1.807) is 0 Å². The molecule has 1 aromatic rings. The first-order chi connectivity index (χ1) is 9.24. The minimum atomic E-state index is 0.639. The van der Waals surface area contributed by atoms with Gasteiger partial charge in [-0.25, -0.2) is 0 Å². The number of hydrogen-bond donors (Lipinski definition) is 0. The topological polar surface area (TPSA) is 0 Å². The molecule has 19 heavy (non-hydrogen) atoms. The van der Waals surface area contributed by atoms with Crippen LogP contribution in [0, 0.1) is 5.92 Å². The number of allylic oxidation sites excluding steroid dienone is 3. The second kappa shape index (κ2) is 7.25. The van der Waals surface area contributed by atoms with E-state index in [0.29, 0.717) is 5.92 Å². The van der Waals surface area contributed by atoms with Crippen molar-refractivity contribution < 1.29 is 0 Å². The van der Waals surface area contributed by atoms with Gasteiger partial charge >= 0.3 is 0 Å². The lowest BCUT2D eigenvalue weighted by atomic mass is 9.85. The second-order valence-corrected chi connectivity index (χ2v) is 7.66. The first-order valence-corrected chi connectivity index (χ1v) is 8.99. The highest BCUT2D eigenvalue weighted by Gasteiger charge is 2.15. The van der Waals surface area contributed by atoms with Crippen LogP contribution in [0.3, 0.4) is 0 Å². The third-order valence-electron chi connectivity index (χ3n) is 3.18. The van der Waals surface area contributed by atoms with Crippen molar-refractivity contribution in [2.24, 2.45) is 5.92 Å². The molecule has 0 aliphatic heterocycles. The molecule has 2 rings (SSSR count). The summed E-state index contributed by atoms with van der Waals surface area (Å²) in [6.45, 7) is 6.75. The standard InChI is InChI=1S/C17H22S2/c1-4-18-17(19-5-2)12-15-11-13(3)10-14-8-6-7-9-16(14)15/h6-9,11-13H,4-5,10H2,1-3H3. The van der Waals surface area contributed by atoms with Gasteiger partial charge < -0.3 is 0 Å². The van der Waals surface area contributed by atoms with Crippen LogP contribution in [0.15, 0.2) is 40.7 Å². The van der Waals surface area contributed by atoms with Crippen molar-refractivity contribution in [2.45, 2.75) is 27.2 Å². The Kier molecular flexibility index (Phi) is 5.65. The number of fused-ring (bicyclic) bond motifs is 1. The lowest BCUT2D eigenvalue weighted by Gasteiger charge is -2.20. The van der Waals surface area contributed by atoms with Gasteiger partial charge in [0.15, 0.2) is 0 Å². The largest absolute Gasteiger partial charge is 0.120 e. The van der Waals surface area contributed by atoms with E-state index in [2.05, 4.69) is 57.2 Å². The summed E-state index contributed by atoms with van der Waals surface area (Å²) < 4.78 is 1.44. The molecule has 0 N–H and O–H groups in total. The summed E-state index contributed by atoms with van der Waals surface area (Å²) in [6.07, 6.45) is 5.98. The molecule has 0 radical (unpaired) electrons. The minimum absolute atomic E-state index is 0.639. The minimum Gasteiger partial charge on any atom is -0.120 e. The predicted octanol–water partition coefficient (Wildman–Crippen LogP) is 5.61. The second-order valence-electron chi connectivity index (χ2n) is 4.79. The zero-order chi connectivity index (χ0) is 13.7. The van der Waals surface area contributed by atoms with E-state index in [-0.39, 0.29) is 0 Å². The number of hydrogen-bond acceptors (Lipinski definition) is 2. The van der Waals surface area contributed by atoms with Gasteiger partial charge in [-0.05, 0) is 46.6 Å². The monoisotopic (exact) mass is 290 g/mol. The zero-order valence-electron chi connectivity index (χ0n) is 12.0. The van der Waals surface area contributed by atoms with Crippen LogP contribution in [0.2, 0.25) is 0 Å². The van der Waals surface area contributed by atoms with Crippen LogP contribution in [0.4, 0.5) is 0 Å². The van der Waals surface area contributed by atoms with Crippen molar-refractivity contribution in [1.82, 2.24) is 0 Å². The maximum atomic E-state index is 2.43. The fourth-order valence-electron chi connectivity index (χ4n) is 2.44. The number of benzene rings is 1. The van der Waals surface area contributed by atoms with Gasteiger partial charge in [0.2, 0.25) is 0 Å². The average Bonchev–Trinajstić information content (AvgIpc) is 2.39. The molecule has 1 aromatic carbocycles. The van der Waals surface area contributed by atoms with Crippen molar-refractivity contribution in [2.75, 3.05) is 11.5 Å². The maximum absolute atomic E-state index is 2.43. The van der Waals surface area contributed by atoms with Crippen LogP contribution < -0.4 is 0 Å². The quantitative estimate of drug-likeness (QED) is 0.691. The van der Waals surface area contributed by atoms with Gasteiger partial charge in [0.1, 0.15) is 0 Å². The van der Waals surface area contributed by atoms with Crippen LogP contribution >= 0.6 is 23.5 Å². The Balaban J connectivity index is 2.34. The SMILES string of the molecule is CCSC(=CC1=CC(C)Cc2ccccc21)SCC. The first kappa shape index (κ1) is 14.8. The van der Waals surface area contributed by atoms with Crippen LogP contribution in [0.25, 0.3) is 5.57 Å². The highest BCUT2D eigenvalue weighted by molar-refractivity contribution is 8.22. The van der Waals surface area contributed by atoms with Crippen LogP contribution in [-0.2, 0) is 6.42 Å². The highest BCUT2D eigenvalue weighted by Crippen LogP contribution is 2.35. The van der Waals surface area contributed by atoms with Gasteiger partial charge in [0.25, 0.3) is 0 Å². The smallest absolute Gasteiger partial charge is 0.0406 e. The molecule has 2 heteroatoms. The molecule has 0 saturated carbocycles. The molecular formula is C17H22S2. The highest BCUT2D eigenvalue weighted by atomic mass is 32.2. The summed E-state index contributed by atoms with van der Waals surface area (Å²) >= 11 is 3.91. The summed E-state index contributed by atoms with van der Waals surface area (Å²) in [5.41, 5.74) is 4.32. The summed E-state index contributed by atoms with van der Waals surface area (Å²) in [7, 11) is 0. The van der Waals surface area contributed by atoms with Crippen LogP contribution in [0.1, 0.15) is 31.9 Å². The first-order valence-electron chi connectivity index (χ1n) is 7.02. The predicted molar refractivity (Wildman–Crippen MR) is 91.6 cm³/mol. The van der Waals surface area contributed by atoms with Gasteiger partial charge in [0, 0.05) is 4.24 Å². The van der Waals surface area contributed by atoms with Crippen molar-refractivity contribution in [3.05, 3.63) is 51.8 Å². The molecule has 1 unspecified atom stereocenters. The Morgan fingerprint density at radius 1 is 1.21 bits per heavy atom. The number of thioether (sulfide) groups is 2. The van der Waals surface area contributed by atoms with E-state index in [1.165, 1.54) is 27.4 Å². The van der Waals surface area contributed by atoms with Gasteiger partial charge in [0.05, 0.1) is 0 Å². The molecular weight excluding hydrogens is 268 g/mol. The molecule has 1 aliphatic rings. The van der Waals surface area contributed by atoms with Crippen molar-refractivity contribution in [3.63, 3.8) is 0 Å². The third-order valence-corrected chi connectivity index (χ3v) is 5.27. The van der Waals surface area contributed by atoms with Crippen molar-refractivity contribution in [3.8, 4) is 0 Å².